The average Bonchev–Trinajstić information content (AvgIpc) is 3.32. The number of hydrogen-bond donors (Lipinski definition) is 1. The summed E-state index contributed by atoms with van der Waals surface area (Å²) in [6.45, 7) is 5.97. The van der Waals surface area contributed by atoms with Crippen LogP contribution < -0.4 is 5.32 Å². The molecule has 1 N–H and O–H groups in total. The number of anilines is 1. The Morgan fingerprint density at radius 3 is 2.86 bits per heavy atom. The first-order chi connectivity index (χ1) is 13.5. The van der Waals surface area contributed by atoms with Crippen molar-refractivity contribution in [3.63, 3.8) is 0 Å². The van der Waals surface area contributed by atoms with Gasteiger partial charge in [-0.3, -0.25) is 9.20 Å². The van der Waals surface area contributed by atoms with Crippen molar-refractivity contribution in [2.75, 3.05) is 5.32 Å². The molecule has 0 atom stereocenters. The highest BCUT2D eigenvalue weighted by Gasteiger charge is 2.14. The summed E-state index contributed by atoms with van der Waals surface area (Å²) in [6.07, 6.45) is 2.63. The number of rotatable bonds is 5. The van der Waals surface area contributed by atoms with E-state index in [1.54, 1.807) is 10.6 Å². The Morgan fingerprint density at radius 1 is 1.21 bits per heavy atom. The third-order valence-corrected chi connectivity index (χ3v) is 4.71. The standard InChI is InChI=1S/C20H20N6O2/c1-4-16-22-20(28-25-16)14-8-9-26-17(10-14)23-24-18(26)11-19(27)21-15-7-5-6-12(2)13(15)3/h5-10H,4,11H2,1-3H3,(H,21,27). The van der Waals surface area contributed by atoms with E-state index in [9.17, 15) is 4.79 Å². The predicted octanol–water partition coefficient (Wildman–Crippen LogP) is 3.14. The van der Waals surface area contributed by atoms with Gasteiger partial charge in [0.1, 0.15) is 5.82 Å². The maximum atomic E-state index is 12.5. The van der Waals surface area contributed by atoms with Crippen molar-refractivity contribution in [2.45, 2.75) is 33.6 Å². The van der Waals surface area contributed by atoms with Crippen LogP contribution >= 0.6 is 0 Å². The van der Waals surface area contributed by atoms with Crippen LogP contribution in [-0.2, 0) is 17.6 Å². The number of aryl methyl sites for hydroxylation is 2. The zero-order valence-corrected chi connectivity index (χ0v) is 15.9. The molecule has 0 unspecified atom stereocenters. The predicted molar refractivity (Wildman–Crippen MR) is 104 cm³/mol. The topological polar surface area (TPSA) is 98.2 Å². The molecule has 0 bridgehead atoms. The molecule has 0 aliphatic heterocycles. The molecule has 0 radical (unpaired) electrons. The normalized spacial score (nSPS) is 11.1. The number of pyridine rings is 1. The van der Waals surface area contributed by atoms with Gasteiger partial charge in [-0.15, -0.1) is 10.2 Å². The van der Waals surface area contributed by atoms with Gasteiger partial charge in [-0.1, -0.05) is 24.2 Å². The van der Waals surface area contributed by atoms with Gasteiger partial charge in [-0.05, 0) is 43.2 Å². The lowest BCUT2D eigenvalue weighted by Crippen LogP contribution is -2.17. The highest BCUT2D eigenvalue weighted by Crippen LogP contribution is 2.20. The number of benzene rings is 1. The monoisotopic (exact) mass is 376 g/mol. The van der Waals surface area contributed by atoms with Crippen molar-refractivity contribution in [1.29, 1.82) is 0 Å². The van der Waals surface area contributed by atoms with Crippen LogP contribution in [0.25, 0.3) is 17.1 Å². The quantitative estimate of drug-likeness (QED) is 0.575. The van der Waals surface area contributed by atoms with Crippen molar-refractivity contribution >= 4 is 17.2 Å². The Balaban J connectivity index is 1.54. The SMILES string of the molecule is CCc1noc(-c2ccn3c(CC(=O)Nc4cccc(C)c4C)nnc3c2)n1. The first-order valence-corrected chi connectivity index (χ1v) is 9.08. The van der Waals surface area contributed by atoms with Gasteiger partial charge in [0, 0.05) is 23.9 Å². The van der Waals surface area contributed by atoms with Gasteiger partial charge in [-0.2, -0.15) is 4.98 Å². The number of carbonyl (C=O) groups excluding carboxylic acids is 1. The minimum absolute atomic E-state index is 0.119. The Labute approximate surface area is 161 Å². The number of aromatic nitrogens is 5. The summed E-state index contributed by atoms with van der Waals surface area (Å²) < 4.78 is 7.05. The maximum absolute atomic E-state index is 12.5. The molecule has 0 fully saturated rings. The smallest absolute Gasteiger partial charge is 0.258 e. The second kappa shape index (κ2) is 7.22. The van der Waals surface area contributed by atoms with Crippen molar-refractivity contribution in [2.24, 2.45) is 0 Å². The molecule has 4 aromatic rings. The van der Waals surface area contributed by atoms with E-state index >= 15 is 0 Å². The number of nitrogens with zero attached hydrogens (tertiary/aromatic N) is 5. The van der Waals surface area contributed by atoms with Gasteiger partial charge in [0.05, 0.1) is 6.42 Å². The zero-order valence-electron chi connectivity index (χ0n) is 15.9. The fraction of sp³-hybridized carbons (Fsp3) is 0.250. The van der Waals surface area contributed by atoms with Crippen molar-refractivity contribution in [3.05, 3.63) is 59.3 Å². The molecule has 1 aromatic carbocycles. The van der Waals surface area contributed by atoms with Crippen LogP contribution in [0, 0.1) is 13.8 Å². The zero-order chi connectivity index (χ0) is 19.7. The maximum Gasteiger partial charge on any atom is 0.258 e. The van der Waals surface area contributed by atoms with Crippen molar-refractivity contribution in [1.82, 2.24) is 24.7 Å². The van der Waals surface area contributed by atoms with E-state index in [1.165, 1.54) is 0 Å². The Hall–Kier alpha value is -3.55. The minimum Gasteiger partial charge on any atom is -0.334 e. The van der Waals surface area contributed by atoms with Crippen LogP contribution in [0.4, 0.5) is 5.69 Å². The largest absolute Gasteiger partial charge is 0.334 e. The number of carbonyl (C=O) groups is 1. The van der Waals surface area contributed by atoms with Gasteiger partial charge in [-0.25, -0.2) is 0 Å². The summed E-state index contributed by atoms with van der Waals surface area (Å²) in [7, 11) is 0. The van der Waals surface area contributed by atoms with E-state index in [4.69, 9.17) is 4.52 Å². The molecule has 1 amide bonds. The van der Waals surface area contributed by atoms with E-state index in [0.717, 1.165) is 22.4 Å². The lowest BCUT2D eigenvalue weighted by atomic mass is 10.1. The van der Waals surface area contributed by atoms with Gasteiger partial charge in [0.15, 0.2) is 11.5 Å². The molecular formula is C20H20N6O2. The number of amides is 1. The number of fused-ring (bicyclic) bond motifs is 1. The highest BCUT2D eigenvalue weighted by molar-refractivity contribution is 5.92. The van der Waals surface area contributed by atoms with Crippen LogP contribution in [0.3, 0.4) is 0 Å². The molecule has 28 heavy (non-hydrogen) atoms. The first kappa shape index (κ1) is 17.8. The third kappa shape index (κ3) is 3.36. The van der Waals surface area contributed by atoms with Crippen LogP contribution in [-0.4, -0.2) is 30.6 Å². The fourth-order valence-corrected chi connectivity index (χ4v) is 2.93. The van der Waals surface area contributed by atoms with Gasteiger partial charge < -0.3 is 9.84 Å². The van der Waals surface area contributed by atoms with E-state index in [0.29, 0.717) is 29.6 Å². The molecule has 0 spiro atoms. The molecule has 0 saturated heterocycles. The Morgan fingerprint density at radius 2 is 2.07 bits per heavy atom. The van der Waals surface area contributed by atoms with E-state index in [-0.39, 0.29) is 12.3 Å². The van der Waals surface area contributed by atoms with Gasteiger partial charge in [0.2, 0.25) is 5.91 Å². The number of hydrogen-bond acceptors (Lipinski definition) is 6. The van der Waals surface area contributed by atoms with Crippen LogP contribution in [0.15, 0.2) is 41.1 Å². The lowest BCUT2D eigenvalue weighted by molar-refractivity contribution is -0.115. The van der Waals surface area contributed by atoms with E-state index in [2.05, 4.69) is 25.7 Å². The van der Waals surface area contributed by atoms with E-state index in [1.807, 2.05) is 51.1 Å². The fourth-order valence-electron chi connectivity index (χ4n) is 2.93. The highest BCUT2D eigenvalue weighted by atomic mass is 16.5. The summed E-state index contributed by atoms with van der Waals surface area (Å²) in [6, 6.07) is 9.49. The summed E-state index contributed by atoms with van der Waals surface area (Å²) in [4.78, 5) is 16.8. The summed E-state index contributed by atoms with van der Waals surface area (Å²) in [5, 5.41) is 15.2. The van der Waals surface area contributed by atoms with Crippen molar-refractivity contribution < 1.29 is 9.32 Å². The Bertz CT molecular complexity index is 1160. The third-order valence-electron chi connectivity index (χ3n) is 4.71. The van der Waals surface area contributed by atoms with Crippen LogP contribution in [0.2, 0.25) is 0 Å². The van der Waals surface area contributed by atoms with Gasteiger partial charge >= 0.3 is 0 Å². The molecule has 3 aromatic heterocycles. The summed E-state index contributed by atoms with van der Waals surface area (Å²) in [5.74, 6) is 1.51. The van der Waals surface area contributed by atoms with Crippen molar-refractivity contribution in [3.8, 4) is 11.5 Å². The van der Waals surface area contributed by atoms with E-state index < -0.39 is 0 Å². The minimum atomic E-state index is -0.142. The molecule has 0 aliphatic carbocycles. The van der Waals surface area contributed by atoms with Crippen LogP contribution in [0.5, 0.6) is 0 Å². The molecule has 142 valence electrons. The average molecular weight is 376 g/mol. The molecular weight excluding hydrogens is 356 g/mol. The molecule has 8 nitrogen and oxygen atoms in total. The first-order valence-electron chi connectivity index (χ1n) is 9.08. The second-order valence-electron chi connectivity index (χ2n) is 6.60. The molecule has 0 saturated carbocycles. The van der Waals surface area contributed by atoms with Crippen LogP contribution in [0.1, 0.15) is 29.7 Å². The molecule has 4 rings (SSSR count). The Kier molecular flexibility index (Phi) is 4.60. The molecule has 3 heterocycles. The second-order valence-corrected chi connectivity index (χ2v) is 6.60. The van der Waals surface area contributed by atoms with Gasteiger partial charge in [0.25, 0.3) is 5.89 Å². The molecule has 0 aliphatic rings. The summed E-state index contributed by atoms with van der Waals surface area (Å²) >= 11 is 0. The number of nitrogens with one attached hydrogen (secondary N) is 1. The molecule has 8 heteroatoms. The summed E-state index contributed by atoms with van der Waals surface area (Å²) in [5.41, 5.74) is 4.37. The lowest BCUT2D eigenvalue weighted by Gasteiger charge is -2.09.